The number of aliphatic hydroxyl groups excluding tert-OH is 1. The first-order valence-electron chi connectivity index (χ1n) is 6.12. The quantitative estimate of drug-likeness (QED) is 0.847. The molecule has 0 saturated heterocycles. The molecule has 0 bridgehead atoms. The standard InChI is InChI=1S/C13H13F3O5/c1-19-12(18)9(17)7-3-4-8(13(14,15)16)11-10(7)20-5-2-6-21-11/h3-4,9,17H,2,5-6H2,1H3. The highest BCUT2D eigenvalue weighted by Crippen LogP contribution is 2.46. The summed E-state index contributed by atoms with van der Waals surface area (Å²) < 4.78 is 53.6. The maximum absolute atomic E-state index is 13.0. The molecule has 0 radical (unpaired) electrons. The third-order valence-electron chi connectivity index (χ3n) is 2.95. The van der Waals surface area contributed by atoms with Gasteiger partial charge in [0.25, 0.3) is 0 Å². The van der Waals surface area contributed by atoms with E-state index in [2.05, 4.69) is 4.74 Å². The predicted molar refractivity (Wildman–Crippen MR) is 64.0 cm³/mol. The van der Waals surface area contributed by atoms with Gasteiger partial charge in [0.15, 0.2) is 17.6 Å². The number of halogens is 3. The number of esters is 1. The molecule has 5 nitrogen and oxygen atoms in total. The van der Waals surface area contributed by atoms with Gasteiger partial charge in [-0.15, -0.1) is 0 Å². The number of benzene rings is 1. The average Bonchev–Trinajstić information content (AvgIpc) is 2.69. The smallest absolute Gasteiger partial charge is 0.420 e. The molecule has 1 aliphatic heterocycles. The Morgan fingerprint density at radius 2 is 1.90 bits per heavy atom. The molecule has 1 N–H and O–H groups in total. The molecule has 1 aliphatic rings. The number of alkyl halides is 3. The van der Waals surface area contributed by atoms with Gasteiger partial charge in [0, 0.05) is 12.0 Å². The van der Waals surface area contributed by atoms with E-state index in [1.807, 2.05) is 0 Å². The molecule has 1 aromatic carbocycles. The van der Waals surface area contributed by atoms with Crippen LogP contribution in [0.2, 0.25) is 0 Å². The predicted octanol–water partition coefficient (Wildman–Crippen LogP) is 2.07. The van der Waals surface area contributed by atoms with Gasteiger partial charge in [0.05, 0.1) is 20.3 Å². The Morgan fingerprint density at radius 3 is 2.48 bits per heavy atom. The third kappa shape index (κ3) is 3.05. The van der Waals surface area contributed by atoms with Crippen LogP contribution in [0.5, 0.6) is 11.5 Å². The molecule has 0 aromatic heterocycles. The minimum Gasteiger partial charge on any atom is -0.489 e. The highest BCUT2D eigenvalue weighted by Gasteiger charge is 2.38. The summed E-state index contributed by atoms with van der Waals surface area (Å²) in [5, 5.41) is 9.84. The first kappa shape index (κ1) is 15.4. The van der Waals surface area contributed by atoms with Crippen molar-refractivity contribution >= 4 is 5.97 Å². The second-order valence-electron chi connectivity index (χ2n) is 4.33. The molecule has 2 rings (SSSR count). The Kier molecular flexibility index (Phi) is 4.26. The number of carbonyl (C=O) groups excluding carboxylic acids is 1. The molecular formula is C13H13F3O5. The Labute approximate surface area is 118 Å². The van der Waals surface area contributed by atoms with E-state index in [1.54, 1.807) is 0 Å². The Bertz CT molecular complexity index is 541. The van der Waals surface area contributed by atoms with E-state index in [0.717, 1.165) is 19.2 Å². The van der Waals surface area contributed by atoms with Crippen LogP contribution in [0.15, 0.2) is 12.1 Å². The minimum absolute atomic E-state index is 0.0495. The largest absolute Gasteiger partial charge is 0.489 e. The number of ether oxygens (including phenoxy) is 3. The first-order chi connectivity index (χ1) is 9.86. The normalized spacial score (nSPS) is 16.0. The first-order valence-corrected chi connectivity index (χ1v) is 6.12. The Balaban J connectivity index is 2.57. The lowest BCUT2D eigenvalue weighted by molar-refractivity contribution is -0.150. The number of hydrogen-bond acceptors (Lipinski definition) is 5. The average molecular weight is 306 g/mol. The fraction of sp³-hybridized carbons (Fsp3) is 0.462. The summed E-state index contributed by atoms with van der Waals surface area (Å²) in [4.78, 5) is 11.4. The van der Waals surface area contributed by atoms with Crippen LogP contribution < -0.4 is 9.47 Å². The van der Waals surface area contributed by atoms with Gasteiger partial charge in [-0.3, -0.25) is 0 Å². The molecule has 0 saturated carbocycles. The van der Waals surface area contributed by atoms with Crippen LogP contribution in [-0.2, 0) is 15.7 Å². The van der Waals surface area contributed by atoms with Crippen LogP contribution in [0.4, 0.5) is 13.2 Å². The topological polar surface area (TPSA) is 65.0 Å². The van der Waals surface area contributed by atoms with E-state index in [9.17, 15) is 23.1 Å². The number of aliphatic hydroxyl groups is 1. The molecule has 8 heteroatoms. The molecule has 0 spiro atoms. The number of rotatable bonds is 2. The van der Waals surface area contributed by atoms with Gasteiger partial charge < -0.3 is 19.3 Å². The second kappa shape index (κ2) is 5.80. The lowest BCUT2D eigenvalue weighted by Gasteiger charge is -2.19. The summed E-state index contributed by atoms with van der Waals surface area (Å²) in [7, 11) is 1.06. The number of hydrogen-bond donors (Lipinski definition) is 1. The van der Waals surface area contributed by atoms with Crippen LogP contribution >= 0.6 is 0 Å². The highest BCUT2D eigenvalue weighted by atomic mass is 19.4. The molecule has 21 heavy (non-hydrogen) atoms. The zero-order valence-corrected chi connectivity index (χ0v) is 11.1. The highest BCUT2D eigenvalue weighted by molar-refractivity contribution is 5.78. The molecule has 0 amide bonds. The van der Waals surface area contributed by atoms with E-state index < -0.39 is 29.6 Å². The summed E-state index contributed by atoms with van der Waals surface area (Å²) in [5.74, 6) is -1.79. The minimum atomic E-state index is -4.63. The lowest BCUT2D eigenvalue weighted by Crippen LogP contribution is -2.16. The fourth-order valence-electron chi connectivity index (χ4n) is 1.95. The van der Waals surface area contributed by atoms with E-state index in [4.69, 9.17) is 9.47 Å². The van der Waals surface area contributed by atoms with Crippen molar-refractivity contribution in [3.63, 3.8) is 0 Å². The van der Waals surface area contributed by atoms with Gasteiger partial charge in [-0.1, -0.05) is 6.07 Å². The van der Waals surface area contributed by atoms with Crippen LogP contribution in [-0.4, -0.2) is 31.4 Å². The molecule has 1 heterocycles. The van der Waals surface area contributed by atoms with Gasteiger partial charge in [-0.2, -0.15) is 13.2 Å². The summed E-state index contributed by atoms with van der Waals surface area (Å²) in [5.41, 5.74) is -1.13. The van der Waals surface area contributed by atoms with E-state index in [-0.39, 0.29) is 24.5 Å². The number of carbonyl (C=O) groups is 1. The van der Waals surface area contributed by atoms with Crippen molar-refractivity contribution in [1.82, 2.24) is 0 Å². The van der Waals surface area contributed by atoms with Crippen LogP contribution in [0.25, 0.3) is 0 Å². The molecule has 0 aliphatic carbocycles. The van der Waals surface area contributed by atoms with Crippen molar-refractivity contribution < 1.29 is 37.3 Å². The van der Waals surface area contributed by atoms with E-state index in [0.29, 0.717) is 6.42 Å². The van der Waals surface area contributed by atoms with Crippen molar-refractivity contribution in [3.8, 4) is 11.5 Å². The molecular weight excluding hydrogens is 293 g/mol. The summed E-state index contributed by atoms with van der Waals surface area (Å²) in [6, 6.07) is 1.73. The lowest BCUT2D eigenvalue weighted by atomic mass is 10.0. The summed E-state index contributed by atoms with van der Waals surface area (Å²) >= 11 is 0. The molecule has 116 valence electrons. The molecule has 1 unspecified atom stereocenters. The molecule has 0 fully saturated rings. The maximum atomic E-state index is 13.0. The van der Waals surface area contributed by atoms with Crippen LogP contribution in [0.1, 0.15) is 23.7 Å². The van der Waals surface area contributed by atoms with Crippen molar-refractivity contribution in [3.05, 3.63) is 23.3 Å². The Morgan fingerprint density at radius 1 is 1.29 bits per heavy atom. The van der Waals surface area contributed by atoms with Crippen molar-refractivity contribution in [1.29, 1.82) is 0 Å². The van der Waals surface area contributed by atoms with Gasteiger partial charge in [-0.25, -0.2) is 4.79 Å². The number of fused-ring (bicyclic) bond motifs is 1. The molecule has 1 atom stereocenters. The van der Waals surface area contributed by atoms with Gasteiger partial charge in [0.2, 0.25) is 0 Å². The Hall–Kier alpha value is -1.96. The zero-order valence-electron chi connectivity index (χ0n) is 11.1. The van der Waals surface area contributed by atoms with Crippen LogP contribution in [0.3, 0.4) is 0 Å². The summed E-state index contributed by atoms with van der Waals surface area (Å²) in [6.07, 6.45) is -5.99. The van der Waals surface area contributed by atoms with E-state index >= 15 is 0 Å². The number of methoxy groups -OCH3 is 1. The van der Waals surface area contributed by atoms with E-state index in [1.165, 1.54) is 0 Å². The zero-order chi connectivity index (χ0) is 15.6. The van der Waals surface area contributed by atoms with Crippen molar-refractivity contribution in [2.24, 2.45) is 0 Å². The summed E-state index contributed by atoms with van der Waals surface area (Å²) in [6.45, 7) is 0.170. The fourth-order valence-corrected chi connectivity index (χ4v) is 1.95. The van der Waals surface area contributed by atoms with Gasteiger partial charge in [-0.05, 0) is 6.07 Å². The second-order valence-corrected chi connectivity index (χ2v) is 4.33. The monoisotopic (exact) mass is 306 g/mol. The van der Waals surface area contributed by atoms with Crippen molar-refractivity contribution in [2.45, 2.75) is 18.7 Å². The van der Waals surface area contributed by atoms with Crippen LogP contribution in [0, 0.1) is 0 Å². The van der Waals surface area contributed by atoms with Gasteiger partial charge >= 0.3 is 12.1 Å². The van der Waals surface area contributed by atoms with Gasteiger partial charge in [0.1, 0.15) is 5.56 Å². The SMILES string of the molecule is COC(=O)C(O)c1ccc(C(F)(F)F)c2c1OCCCO2. The van der Waals surface area contributed by atoms with Crippen molar-refractivity contribution in [2.75, 3.05) is 20.3 Å². The molecule has 1 aromatic rings. The maximum Gasteiger partial charge on any atom is 0.420 e. The third-order valence-corrected chi connectivity index (χ3v) is 2.95.